The van der Waals surface area contributed by atoms with Crippen molar-refractivity contribution in [3.8, 4) is 11.1 Å². The van der Waals surface area contributed by atoms with Gasteiger partial charge in [0.25, 0.3) is 0 Å². The zero-order valence-corrected chi connectivity index (χ0v) is 23.7. The maximum atomic E-state index is 6.40. The quantitative estimate of drug-likeness (QED) is 0.231. The molecule has 2 aromatic heterocycles. The Morgan fingerprint density at radius 1 is 0.500 bits per heavy atom. The Hall–Kier alpha value is -5.87. The van der Waals surface area contributed by atoms with Crippen molar-refractivity contribution in [2.75, 3.05) is 0 Å². The number of fused-ring (bicyclic) bond motifs is 6. The van der Waals surface area contributed by atoms with Crippen LogP contribution < -0.4 is 5.32 Å². The molecule has 8 aromatic rings. The fraction of sp³-hybridized carbons (Fsp3) is 0.0250. The van der Waals surface area contributed by atoms with Crippen LogP contribution in [-0.4, -0.2) is 5.71 Å². The molecule has 0 saturated heterocycles. The Kier molecular flexibility index (Phi) is 5.53. The number of hydrogen-bond acceptors (Lipinski definition) is 4. The van der Waals surface area contributed by atoms with E-state index in [4.69, 9.17) is 13.8 Å². The minimum absolute atomic E-state index is 0.199. The normalized spacial score (nSPS) is 15.0. The van der Waals surface area contributed by atoms with E-state index in [-0.39, 0.29) is 6.17 Å². The monoisotopic (exact) mass is 566 g/mol. The lowest BCUT2D eigenvalue weighted by molar-refractivity contribution is 0.663. The Balaban J connectivity index is 1.20. The van der Waals surface area contributed by atoms with Gasteiger partial charge in [-0.1, -0.05) is 97.1 Å². The van der Waals surface area contributed by atoms with Gasteiger partial charge >= 0.3 is 0 Å². The summed E-state index contributed by atoms with van der Waals surface area (Å²) in [6.07, 6.45) is 1.95. The molecular weight excluding hydrogens is 540 g/mol. The van der Waals surface area contributed by atoms with Gasteiger partial charge in [0.15, 0.2) is 0 Å². The smallest absolute Gasteiger partial charge is 0.145 e. The van der Waals surface area contributed by atoms with E-state index >= 15 is 0 Å². The van der Waals surface area contributed by atoms with Crippen LogP contribution in [-0.2, 0) is 0 Å². The van der Waals surface area contributed by atoms with Crippen molar-refractivity contribution in [3.63, 3.8) is 0 Å². The van der Waals surface area contributed by atoms with Crippen LogP contribution in [0.1, 0.15) is 22.9 Å². The van der Waals surface area contributed by atoms with Crippen LogP contribution in [0, 0.1) is 0 Å². The number of nitrogens with one attached hydrogen (secondary N) is 1. The van der Waals surface area contributed by atoms with Gasteiger partial charge in [0.1, 0.15) is 28.5 Å². The molecule has 1 unspecified atom stereocenters. The summed E-state index contributed by atoms with van der Waals surface area (Å²) in [5.41, 5.74) is 11.0. The van der Waals surface area contributed by atoms with Gasteiger partial charge in [-0.3, -0.25) is 4.99 Å². The third-order valence-electron chi connectivity index (χ3n) is 8.52. The van der Waals surface area contributed by atoms with Crippen molar-refractivity contribution in [1.29, 1.82) is 0 Å². The van der Waals surface area contributed by atoms with Crippen LogP contribution in [0.4, 0.5) is 0 Å². The number of nitrogens with zero attached hydrogens (tertiary/aromatic N) is 1. The van der Waals surface area contributed by atoms with Gasteiger partial charge < -0.3 is 14.2 Å². The largest absolute Gasteiger partial charge is 0.456 e. The molecular formula is C40H26N2O2. The standard InChI is InChI=1S/C40H26N2O2/c1-3-10-25(11-4-1)33-24-34(42-40(41-33)26-12-5-2-6-13-26)28-19-21-37-32(23-28)39-29(15-9-17-38(39)44-37)27-18-20-36-31(22-27)30-14-7-8-16-35(30)43-36/h1-24,40,42H. The minimum atomic E-state index is -0.199. The van der Waals surface area contributed by atoms with E-state index in [0.29, 0.717) is 0 Å². The third-order valence-corrected chi connectivity index (χ3v) is 8.52. The van der Waals surface area contributed by atoms with E-state index in [1.54, 1.807) is 0 Å². The lowest BCUT2D eigenvalue weighted by Gasteiger charge is -2.25. The molecule has 9 rings (SSSR count). The Labute approximate surface area is 253 Å². The van der Waals surface area contributed by atoms with Gasteiger partial charge in [-0.2, -0.15) is 0 Å². The van der Waals surface area contributed by atoms with Gasteiger partial charge in [0.2, 0.25) is 0 Å². The zero-order chi connectivity index (χ0) is 29.0. The molecule has 1 N–H and O–H groups in total. The topological polar surface area (TPSA) is 50.7 Å². The summed E-state index contributed by atoms with van der Waals surface area (Å²) in [7, 11) is 0. The van der Waals surface area contributed by atoms with E-state index in [0.717, 1.165) is 83.1 Å². The molecule has 0 amide bonds. The number of rotatable bonds is 4. The first-order valence-corrected chi connectivity index (χ1v) is 14.8. The molecule has 4 nitrogen and oxygen atoms in total. The van der Waals surface area contributed by atoms with Crippen LogP contribution in [0.2, 0.25) is 0 Å². The summed E-state index contributed by atoms with van der Waals surface area (Å²) in [6, 6.07) is 48.1. The molecule has 0 aliphatic carbocycles. The number of hydrogen-bond donors (Lipinski definition) is 1. The fourth-order valence-electron chi connectivity index (χ4n) is 6.39. The van der Waals surface area contributed by atoms with E-state index in [1.165, 1.54) is 0 Å². The highest BCUT2D eigenvalue weighted by molar-refractivity contribution is 6.16. The van der Waals surface area contributed by atoms with E-state index in [9.17, 15) is 0 Å². The average molecular weight is 567 g/mol. The molecule has 1 aliphatic heterocycles. The van der Waals surface area contributed by atoms with Crippen molar-refractivity contribution in [2.45, 2.75) is 6.17 Å². The molecule has 3 heterocycles. The number of aliphatic imine (C=N–C) groups is 1. The number of furan rings is 2. The second-order valence-electron chi connectivity index (χ2n) is 11.2. The number of allylic oxidation sites excluding steroid dienone is 1. The number of benzene rings is 6. The van der Waals surface area contributed by atoms with Gasteiger partial charge in [0.05, 0.1) is 5.71 Å². The molecule has 0 saturated carbocycles. The highest BCUT2D eigenvalue weighted by Gasteiger charge is 2.21. The summed E-state index contributed by atoms with van der Waals surface area (Å²) >= 11 is 0. The maximum Gasteiger partial charge on any atom is 0.145 e. The molecule has 1 aliphatic rings. The van der Waals surface area contributed by atoms with Crippen LogP contribution in [0.3, 0.4) is 0 Å². The summed E-state index contributed by atoms with van der Waals surface area (Å²) in [5.74, 6) is 0. The Morgan fingerprint density at radius 2 is 1.16 bits per heavy atom. The van der Waals surface area contributed by atoms with Crippen molar-refractivity contribution in [2.24, 2.45) is 4.99 Å². The minimum Gasteiger partial charge on any atom is -0.456 e. The summed E-state index contributed by atoms with van der Waals surface area (Å²) in [6.45, 7) is 0. The Bertz CT molecular complexity index is 2410. The molecule has 44 heavy (non-hydrogen) atoms. The molecule has 6 aromatic carbocycles. The Morgan fingerprint density at radius 3 is 2.02 bits per heavy atom. The highest BCUT2D eigenvalue weighted by Crippen LogP contribution is 2.40. The van der Waals surface area contributed by atoms with Crippen LogP contribution >= 0.6 is 0 Å². The first-order valence-electron chi connectivity index (χ1n) is 14.8. The van der Waals surface area contributed by atoms with Crippen LogP contribution in [0.25, 0.3) is 60.7 Å². The van der Waals surface area contributed by atoms with Crippen LogP contribution in [0.5, 0.6) is 0 Å². The predicted molar refractivity (Wildman–Crippen MR) is 180 cm³/mol. The van der Waals surface area contributed by atoms with Gasteiger partial charge in [-0.05, 0) is 76.4 Å². The van der Waals surface area contributed by atoms with Gasteiger partial charge in [-0.15, -0.1) is 0 Å². The van der Waals surface area contributed by atoms with Gasteiger partial charge in [-0.25, -0.2) is 0 Å². The number of para-hydroxylation sites is 1. The summed E-state index contributed by atoms with van der Waals surface area (Å²) in [5, 5.41) is 8.11. The maximum absolute atomic E-state index is 6.40. The van der Waals surface area contributed by atoms with Crippen LogP contribution in [0.15, 0.2) is 159 Å². The SMILES string of the molecule is C1=C(c2ccc3oc4cccc(-c5ccc6oc7ccccc7c6c5)c4c3c2)NC(c2ccccc2)N=C1c1ccccc1. The molecule has 208 valence electrons. The summed E-state index contributed by atoms with van der Waals surface area (Å²) in [4.78, 5) is 5.10. The first-order chi connectivity index (χ1) is 21.8. The lowest BCUT2D eigenvalue weighted by Crippen LogP contribution is -2.24. The molecule has 0 spiro atoms. The van der Waals surface area contributed by atoms with Crippen molar-refractivity contribution < 1.29 is 8.83 Å². The second kappa shape index (κ2) is 9.85. The highest BCUT2D eigenvalue weighted by atomic mass is 16.3. The predicted octanol–water partition coefficient (Wildman–Crippen LogP) is 10.3. The van der Waals surface area contributed by atoms with E-state index < -0.39 is 0 Å². The first kappa shape index (κ1) is 24.7. The molecule has 4 heteroatoms. The van der Waals surface area contributed by atoms with Crippen molar-refractivity contribution >= 4 is 55.3 Å². The van der Waals surface area contributed by atoms with Gasteiger partial charge in [0, 0.05) is 27.2 Å². The molecule has 1 atom stereocenters. The molecule has 0 radical (unpaired) electrons. The third kappa shape index (κ3) is 4.03. The zero-order valence-electron chi connectivity index (χ0n) is 23.7. The average Bonchev–Trinajstić information content (AvgIpc) is 3.66. The van der Waals surface area contributed by atoms with Crippen molar-refractivity contribution in [1.82, 2.24) is 5.32 Å². The fourth-order valence-corrected chi connectivity index (χ4v) is 6.39. The molecule has 0 bridgehead atoms. The van der Waals surface area contributed by atoms with E-state index in [1.807, 2.05) is 30.3 Å². The lowest BCUT2D eigenvalue weighted by atomic mass is 9.96. The van der Waals surface area contributed by atoms with E-state index in [2.05, 4.69) is 121 Å². The second-order valence-corrected chi connectivity index (χ2v) is 11.2. The molecule has 0 fully saturated rings. The summed E-state index contributed by atoms with van der Waals surface area (Å²) < 4.78 is 12.5. The van der Waals surface area contributed by atoms with Crippen molar-refractivity contribution in [3.05, 3.63) is 162 Å².